The molecule has 1 N–H and O–H groups in total. The van der Waals surface area contributed by atoms with Crippen LogP contribution in [0.4, 0.5) is 4.39 Å². The van der Waals surface area contributed by atoms with Gasteiger partial charge in [0.05, 0.1) is 28.3 Å². The van der Waals surface area contributed by atoms with Crippen LogP contribution in [0.1, 0.15) is 40.6 Å². The fourth-order valence-corrected chi connectivity index (χ4v) is 5.32. The number of nitrogens with zero attached hydrogens (tertiary/aromatic N) is 1. The number of rotatable bonds is 6. The highest BCUT2D eigenvalue weighted by molar-refractivity contribution is 8.03. The van der Waals surface area contributed by atoms with Crippen molar-refractivity contribution in [2.75, 3.05) is 5.75 Å². The van der Waals surface area contributed by atoms with Gasteiger partial charge in [-0.05, 0) is 62.0 Å². The summed E-state index contributed by atoms with van der Waals surface area (Å²) < 4.78 is 13.1. The minimum absolute atomic E-state index is 0.0908. The molecule has 0 bridgehead atoms. The predicted octanol–water partition coefficient (Wildman–Crippen LogP) is 5.10. The van der Waals surface area contributed by atoms with E-state index in [0.29, 0.717) is 27.4 Å². The van der Waals surface area contributed by atoms with E-state index in [-0.39, 0.29) is 17.3 Å². The molecule has 2 aromatic rings. The fourth-order valence-electron chi connectivity index (χ4n) is 3.29. The number of ketones is 2. The number of thiophene rings is 1. The van der Waals surface area contributed by atoms with Crippen molar-refractivity contribution >= 4 is 34.7 Å². The summed E-state index contributed by atoms with van der Waals surface area (Å²) in [7, 11) is 0. The standard InChI is InChI=1S/C22H19FN2O2S2/c1-12-8-9-28-21(12)20-17(10-24)22(25-13(2)19(20)14(3)26)29-11-18(27)15-4-6-16(23)7-5-15/h4-9,20,25H,11H2,1-3H3/t20-/m1/s1. The van der Waals surface area contributed by atoms with Gasteiger partial charge in [-0.3, -0.25) is 9.59 Å². The topological polar surface area (TPSA) is 70.0 Å². The van der Waals surface area contributed by atoms with Gasteiger partial charge in [0.1, 0.15) is 5.82 Å². The Balaban J connectivity index is 1.94. The summed E-state index contributed by atoms with van der Waals surface area (Å²) in [5, 5.41) is 15.6. The van der Waals surface area contributed by atoms with Gasteiger partial charge < -0.3 is 5.32 Å². The quantitative estimate of drug-likeness (QED) is 0.651. The van der Waals surface area contributed by atoms with Crippen molar-refractivity contribution in [2.24, 2.45) is 0 Å². The van der Waals surface area contributed by atoms with Gasteiger partial charge in [-0.1, -0.05) is 11.8 Å². The third-order valence-electron chi connectivity index (χ3n) is 4.70. The molecule has 1 aromatic carbocycles. The number of thioether (sulfide) groups is 1. The molecule has 3 rings (SSSR count). The van der Waals surface area contributed by atoms with Gasteiger partial charge in [0, 0.05) is 21.7 Å². The van der Waals surface area contributed by atoms with Gasteiger partial charge in [0.2, 0.25) is 0 Å². The normalized spacial score (nSPS) is 16.4. The Bertz CT molecular complexity index is 1070. The average molecular weight is 427 g/mol. The van der Waals surface area contributed by atoms with E-state index in [1.54, 1.807) is 0 Å². The molecule has 0 fully saturated rings. The first-order valence-corrected chi connectivity index (χ1v) is 10.8. The number of dihydropyridines is 1. The van der Waals surface area contributed by atoms with Crippen LogP contribution < -0.4 is 5.32 Å². The van der Waals surface area contributed by atoms with E-state index in [2.05, 4.69) is 11.4 Å². The maximum absolute atomic E-state index is 13.1. The Hall–Kier alpha value is -2.69. The molecule has 0 aliphatic carbocycles. The number of nitriles is 1. The molecule has 2 heterocycles. The zero-order chi connectivity index (χ0) is 21.1. The Morgan fingerprint density at radius 2 is 1.93 bits per heavy atom. The molecule has 1 aromatic heterocycles. The number of carbonyl (C=O) groups excluding carboxylic acids is 2. The molecule has 0 amide bonds. The summed E-state index contributed by atoms with van der Waals surface area (Å²) in [5.41, 5.74) is 3.12. The first-order valence-electron chi connectivity index (χ1n) is 8.92. The lowest BCUT2D eigenvalue weighted by atomic mass is 9.84. The van der Waals surface area contributed by atoms with Gasteiger partial charge in [-0.25, -0.2) is 4.39 Å². The van der Waals surface area contributed by atoms with Crippen molar-refractivity contribution in [3.05, 3.63) is 79.4 Å². The van der Waals surface area contributed by atoms with E-state index in [1.165, 1.54) is 54.3 Å². The molecule has 0 saturated carbocycles. The van der Waals surface area contributed by atoms with Crippen molar-refractivity contribution in [3.8, 4) is 6.07 Å². The second-order valence-electron chi connectivity index (χ2n) is 6.69. The number of hydrogen-bond acceptors (Lipinski definition) is 6. The largest absolute Gasteiger partial charge is 0.353 e. The zero-order valence-corrected chi connectivity index (χ0v) is 17.8. The van der Waals surface area contributed by atoms with Crippen LogP contribution in [0.2, 0.25) is 0 Å². The van der Waals surface area contributed by atoms with Gasteiger partial charge in [-0.15, -0.1) is 11.3 Å². The summed E-state index contributed by atoms with van der Waals surface area (Å²) in [4.78, 5) is 25.8. The molecule has 0 saturated heterocycles. The molecule has 148 valence electrons. The molecule has 1 atom stereocenters. The molecule has 0 unspecified atom stereocenters. The molecule has 0 spiro atoms. The fraction of sp³-hybridized carbons (Fsp3) is 0.227. The minimum Gasteiger partial charge on any atom is -0.353 e. The highest BCUT2D eigenvalue weighted by Crippen LogP contribution is 2.43. The maximum atomic E-state index is 13.1. The van der Waals surface area contributed by atoms with Crippen molar-refractivity contribution in [3.63, 3.8) is 0 Å². The lowest BCUT2D eigenvalue weighted by molar-refractivity contribution is -0.113. The van der Waals surface area contributed by atoms with E-state index in [0.717, 1.165) is 10.4 Å². The lowest BCUT2D eigenvalue weighted by Gasteiger charge is -2.29. The first kappa shape index (κ1) is 21.0. The summed E-state index contributed by atoms with van der Waals surface area (Å²) in [6, 6.07) is 9.61. The number of carbonyl (C=O) groups is 2. The zero-order valence-electron chi connectivity index (χ0n) is 16.2. The second kappa shape index (κ2) is 8.76. The van der Waals surface area contributed by atoms with Crippen LogP contribution in [-0.2, 0) is 4.79 Å². The van der Waals surface area contributed by atoms with Crippen LogP contribution >= 0.6 is 23.1 Å². The molecule has 29 heavy (non-hydrogen) atoms. The number of aryl methyl sites for hydroxylation is 1. The third kappa shape index (κ3) is 4.34. The van der Waals surface area contributed by atoms with Crippen molar-refractivity contribution in [2.45, 2.75) is 26.7 Å². The van der Waals surface area contributed by atoms with Gasteiger partial charge in [-0.2, -0.15) is 5.26 Å². The van der Waals surface area contributed by atoms with Gasteiger partial charge in [0.15, 0.2) is 11.6 Å². The SMILES string of the molecule is CC(=O)C1=C(C)NC(SCC(=O)c2ccc(F)cc2)=C(C#N)[C@H]1c1sccc1C. The molecule has 4 nitrogen and oxygen atoms in total. The van der Waals surface area contributed by atoms with Crippen molar-refractivity contribution in [1.29, 1.82) is 5.26 Å². The molecule has 0 radical (unpaired) electrons. The van der Waals surface area contributed by atoms with Crippen LogP contribution in [-0.4, -0.2) is 17.3 Å². The molecular formula is C22H19FN2O2S2. The Labute approximate surface area is 177 Å². The minimum atomic E-state index is -0.442. The number of benzene rings is 1. The van der Waals surface area contributed by atoms with Gasteiger partial charge in [0.25, 0.3) is 0 Å². The van der Waals surface area contributed by atoms with Crippen LogP contribution in [0, 0.1) is 24.1 Å². The van der Waals surface area contributed by atoms with Crippen molar-refractivity contribution < 1.29 is 14.0 Å². The van der Waals surface area contributed by atoms with E-state index in [1.807, 2.05) is 25.3 Å². The predicted molar refractivity (Wildman–Crippen MR) is 114 cm³/mol. The highest BCUT2D eigenvalue weighted by Gasteiger charge is 2.34. The van der Waals surface area contributed by atoms with E-state index in [9.17, 15) is 19.2 Å². The maximum Gasteiger partial charge on any atom is 0.173 e. The van der Waals surface area contributed by atoms with E-state index < -0.39 is 11.7 Å². The monoisotopic (exact) mass is 426 g/mol. The molecule has 1 aliphatic rings. The van der Waals surface area contributed by atoms with E-state index >= 15 is 0 Å². The highest BCUT2D eigenvalue weighted by atomic mass is 32.2. The first-order chi connectivity index (χ1) is 13.8. The molecule has 7 heteroatoms. The summed E-state index contributed by atoms with van der Waals surface area (Å²) in [6.45, 7) is 5.27. The number of halogens is 1. The van der Waals surface area contributed by atoms with E-state index in [4.69, 9.17) is 0 Å². The van der Waals surface area contributed by atoms with Crippen LogP contribution in [0.3, 0.4) is 0 Å². The van der Waals surface area contributed by atoms with Gasteiger partial charge >= 0.3 is 0 Å². The molecule has 1 aliphatic heterocycles. The summed E-state index contributed by atoms with van der Waals surface area (Å²) >= 11 is 2.74. The Kier molecular flexibility index (Phi) is 6.36. The number of allylic oxidation sites excluding steroid dienone is 3. The number of Topliss-reactive ketones (excluding diaryl/α,β-unsaturated/α-hetero) is 2. The van der Waals surface area contributed by atoms with Crippen molar-refractivity contribution in [1.82, 2.24) is 5.32 Å². The smallest absolute Gasteiger partial charge is 0.173 e. The van der Waals surface area contributed by atoms with Crippen LogP contribution in [0.15, 0.2) is 57.6 Å². The number of hydrogen-bond donors (Lipinski definition) is 1. The van der Waals surface area contributed by atoms with Crippen LogP contribution in [0.5, 0.6) is 0 Å². The Morgan fingerprint density at radius 1 is 1.24 bits per heavy atom. The average Bonchev–Trinajstić information content (AvgIpc) is 3.11. The Morgan fingerprint density at radius 3 is 2.48 bits per heavy atom. The summed E-state index contributed by atoms with van der Waals surface area (Å²) in [6.07, 6.45) is 0. The van der Waals surface area contributed by atoms with Crippen LogP contribution in [0.25, 0.3) is 0 Å². The summed E-state index contributed by atoms with van der Waals surface area (Å²) in [5.74, 6) is -0.999. The molecular weight excluding hydrogens is 407 g/mol. The third-order valence-corrected chi connectivity index (χ3v) is 6.81. The number of nitrogens with one attached hydrogen (secondary N) is 1. The lowest BCUT2D eigenvalue weighted by Crippen LogP contribution is -2.27. The second-order valence-corrected chi connectivity index (χ2v) is 8.63.